The normalized spacial score (nSPS) is 23.0. The molecule has 2 atom stereocenters. The molecule has 0 aromatic heterocycles. The Kier molecular flexibility index (Phi) is 3.81. The maximum Gasteiger partial charge on any atom is 0.0219 e. The highest BCUT2D eigenvalue weighted by Gasteiger charge is 2.22. The number of fused-ring (bicyclic) bond motifs is 1. The summed E-state index contributed by atoms with van der Waals surface area (Å²) in [4.78, 5) is 0. The summed E-state index contributed by atoms with van der Waals surface area (Å²) in [5.74, 6) is 0. The van der Waals surface area contributed by atoms with E-state index in [1.54, 1.807) is 0 Å². The standard InChI is InChI=1S/C17H22N2/c18-16-6-3-7-17(16)19-11-10-13-8-9-14-4-1-2-5-15(14)12-13/h1-2,4-5,8-9,12,16-17,19H,3,6-7,10-11,18H2. The molecule has 0 bridgehead atoms. The number of rotatable bonds is 4. The van der Waals surface area contributed by atoms with E-state index >= 15 is 0 Å². The third-order valence-corrected chi connectivity index (χ3v) is 4.20. The zero-order valence-electron chi connectivity index (χ0n) is 11.3. The monoisotopic (exact) mass is 254 g/mol. The molecule has 2 unspecified atom stereocenters. The van der Waals surface area contributed by atoms with Gasteiger partial charge in [0.25, 0.3) is 0 Å². The van der Waals surface area contributed by atoms with Gasteiger partial charge in [-0.15, -0.1) is 0 Å². The summed E-state index contributed by atoms with van der Waals surface area (Å²) in [7, 11) is 0. The highest BCUT2D eigenvalue weighted by molar-refractivity contribution is 5.82. The average Bonchev–Trinajstić information content (AvgIpc) is 2.84. The molecule has 1 fully saturated rings. The van der Waals surface area contributed by atoms with E-state index in [2.05, 4.69) is 47.8 Å². The Morgan fingerprint density at radius 3 is 2.68 bits per heavy atom. The maximum atomic E-state index is 6.07. The van der Waals surface area contributed by atoms with E-state index in [1.807, 2.05) is 0 Å². The summed E-state index contributed by atoms with van der Waals surface area (Å²) in [6, 6.07) is 16.2. The fourth-order valence-corrected chi connectivity index (χ4v) is 3.04. The van der Waals surface area contributed by atoms with Crippen LogP contribution in [0.5, 0.6) is 0 Å². The van der Waals surface area contributed by atoms with Crippen LogP contribution < -0.4 is 11.1 Å². The van der Waals surface area contributed by atoms with Crippen molar-refractivity contribution in [3.05, 3.63) is 48.0 Å². The predicted molar refractivity (Wildman–Crippen MR) is 81.3 cm³/mol. The molecule has 2 heteroatoms. The van der Waals surface area contributed by atoms with Gasteiger partial charge in [0.1, 0.15) is 0 Å². The molecule has 2 aromatic rings. The molecule has 19 heavy (non-hydrogen) atoms. The Balaban J connectivity index is 1.59. The van der Waals surface area contributed by atoms with Crippen LogP contribution in [0.2, 0.25) is 0 Å². The quantitative estimate of drug-likeness (QED) is 0.880. The van der Waals surface area contributed by atoms with Crippen molar-refractivity contribution in [3.8, 4) is 0 Å². The lowest BCUT2D eigenvalue weighted by Crippen LogP contribution is -2.41. The predicted octanol–water partition coefficient (Wildman–Crippen LogP) is 2.85. The van der Waals surface area contributed by atoms with Gasteiger partial charge < -0.3 is 11.1 Å². The lowest BCUT2D eigenvalue weighted by molar-refractivity contribution is 0.479. The maximum absolute atomic E-state index is 6.07. The van der Waals surface area contributed by atoms with E-state index in [0.29, 0.717) is 12.1 Å². The van der Waals surface area contributed by atoms with Crippen LogP contribution in [-0.4, -0.2) is 18.6 Å². The molecule has 3 N–H and O–H groups in total. The molecular weight excluding hydrogens is 232 g/mol. The molecule has 100 valence electrons. The molecule has 0 heterocycles. The van der Waals surface area contributed by atoms with Gasteiger partial charge in [-0.1, -0.05) is 48.9 Å². The summed E-state index contributed by atoms with van der Waals surface area (Å²) in [6.07, 6.45) is 4.76. The topological polar surface area (TPSA) is 38.0 Å². The minimum atomic E-state index is 0.358. The van der Waals surface area contributed by atoms with Crippen LogP contribution >= 0.6 is 0 Å². The molecule has 2 nitrogen and oxygen atoms in total. The summed E-state index contributed by atoms with van der Waals surface area (Å²) < 4.78 is 0. The molecule has 1 saturated carbocycles. The van der Waals surface area contributed by atoms with Gasteiger partial charge in [0.05, 0.1) is 0 Å². The fraction of sp³-hybridized carbons (Fsp3) is 0.412. The highest BCUT2D eigenvalue weighted by Crippen LogP contribution is 2.18. The van der Waals surface area contributed by atoms with Crippen LogP contribution in [0, 0.1) is 0 Å². The summed E-state index contributed by atoms with van der Waals surface area (Å²) in [5.41, 5.74) is 7.47. The Bertz CT molecular complexity index is 550. The van der Waals surface area contributed by atoms with E-state index < -0.39 is 0 Å². The third kappa shape index (κ3) is 2.96. The smallest absolute Gasteiger partial charge is 0.0219 e. The Morgan fingerprint density at radius 1 is 1.05 bits per heavy atom. The van der Waals surface area contributed by atoms with Crippen LogP contribution in [0.25, 0.3) is 10.8 Å². The highest BCUT2D eigenvalue weighted by atomic mass is 15.0. The number of hydrogen-bond acceptors (Lipinski definition) is 2. The Labute approximate surface area is 115 Å². The molecule has 0 radical (unpaired) electrons. The minimum absolute atomic E-state index is 0.358. The Morgan fingerprint density at radius 2 is 1.89 bits per heavy atom. The van der Waals surface area contributed by atoms with Gasteiger partial charge in [-0.3, -0.25) is 0 Å². The average molecular weight is 254 g/mol. The molecule has 1 aliphatic carbocycles. The first kappa shape index (κ1) is 12.6. The van der Waals surface area contributed by atoms with Crippen molar-refractivity contribution in [1.82, 2.24) is 5.32 Å². The van der Waals surface area contributed by atoms with Crippen LogP contribution in [-0.2, 0) is 6.42 Å². The second-order valence-corrected chi connectivity index (χ2v) is 5.59. The van der Waals surface area contributed by atoms with Gasteiger partial charge in [0.15, 0.2) is 0 Å². The first-order valence-electron chi connectivity index (χ1n) is 7.29. The second kappa shape index (κ2) is 5.72. The minimum Gasteiger partial charge on any atom is -0.326 e. The van der Waals surface area contributed by atoms with Gasteiger partial charge in [-0.05, 0) is 42.1 Å². The zero-order valence-corrected chi connectivity index (χ0v) is 11.3. The summed E-state index contributed by atoms with van der Waals surface area (Å²) >= 11 is 0. The molecule has 0 saturated heterocycles. The van der Waals surface area contributed by atoms with Crippen molar-refractivity contribution in [2.75, 3.05) is 6.54 Å². The van der Waals surface area contributed by atoms with Crippen LogP contribution in [0.3, 0.4) is 0 Å². The van der Waals surface area contributed by atoms with Gasteiger partial charge in [0, 0.05) is 12.1 Å². The van der Waals surface area contributed by atoms with Crippen molar-refractivity contribution < 1.29 is 0 Å². The number of nitrogens with one attached hydrogen (secondary N) is 1. The SMILES string of the molecule is NC1CCCC1NCCc1ccc2ccccc2c1. The molecule has 2 aromatic carbocycles. The lowest BCUT2D eigenvalue weighted by atomic mass is 10.0. The van der Waals surface area contributed by atoms with E-state index in [4.69, 9.17) is 5.73 Å². The van der Waals surface area contributed by atoms with E-state index in [-0.39, 0.29) is 0 Å². The van der Waals surface area contributed by atoms with Crippen LogP contribution in [0.4, 0.5) is 0 Å². The molecule has 3 rings (SSSR count). The molecule has 0 aliphatic heterocycles. The number of hydrogen-bond donors (Lipinski definition) is 2. The Hall–Kier alpha value is -1.38. The number of nitrogens with two attached hydrogens (primary N) is 1. The van der Waals surface area contributed by atoms with Crippen LogP contribution in [0.15, 0.2) is 42.5 Å². The van der Waals surface area contributed by atoms with Crippen molar-refractivity contribution in [2.45, 2.75) is 37.8 Å². The summed E-state index contributed by atoms with van der Waals surface area (Å²) in [5, 5.41) is 6.25. The van der Waals surface area contributed by atoms with Gasteiger partial charge in [0.2, 0.25) is 0 Å². The zero-order chi connectivity index (χ0) is 13.1. The van der Waals surface area contributed by atoms with Crippen molar-refractivity contribution in [2.24, 2.45) is 5.73 Å². The lowest BCUT2D eigenvalue weighted by Gasteiger charge is -2.17. The van der Waals surface area contributed by atoms with Crippen LogP contribution in [0.1, 0.15) is 24.8 Å². The first-order chi connectivity index (χ1) is 9.33. The van der Waals surface area contributed by atoms with E-state index in [9.17, 15) is 0 Å². The summed E-state index contributed by atoms with van der Waals surface area (Å²) in [6.45, 7) is 1.02. The van der Waals surface area contributed by atoms with Gasteiger partial charge in [-0.25, -0.2) is 0 Å². The van der Waals surface area contributed by atoms with Crippen molar-refractivity contribution in [1.29, 1.82) is 0 Å². The number of benzene rings is 2. The third-order valence-electron chi connectivity index (χ3n) is 4.20. The molecule has 0 spiro atoms. The fourth-order valence-electron chi connectivity index (χ4n) is 3.04. The second-order valence-electron chi connectivity index (χ2n) is 5.59. The van der Waals surface area contributed by atoms with E-state index in [0.717, 1.165) is 13.0 Å². The van der Waals surface area contributed by atoms with Gasteiger partial charge >= 0.3 is 0 Å². The van der Waals surface area contributed by atoms with Crippen molar-refractivity contribution >= 4 is 10.8 Å². The molecular formula is C17H22N2. The van der Waals surface area contributed by atoms with Crippen molar-refractivity contribution in [3.63, 3.8) is 0 Å². The first-order valence-corrected chi connectivity index (χ1v) is 7.29. The molecule has 0 amide bonds. The molecule has 1 aliphatic rings. The van der Waals surface area contributed by atoms with E-state index in [1.165, 1.54) is 35.6 Å². The largest absolute Gasteiger partial charge is 0.326 e. The van der Waals surface area contributed by atoms with Gasteiger partial charge in [-0.2, -0.15) is 0 Å².